The Bertz CT molecular complexity index is 112. The van der Waals surface area contributed by atoms with Gasteiger partial charge in [-0.2, -0.15) is 0 Å². The van der Waals surface area contributed by atoms with E-state index in [1.165, 1.54) is 6.42 Å². The fourth-order valence-corrected chi connectivity index (χ4v) is 1.80. The molecule has 2 unspecified atom stereocenters. The second-order valence-electron chi connectivity index (χ2n) is 3.19. The normalized spacial score (nSPS) is 57.8. The van der Waals surface area contributed by atoms with E-state index in [4.69, 9.17) is 0 Å². The van der Waals surface area contributed by atoms with Crippen molar-refractivity contribution < 1.29 is 5.11 Å². The molecular weight excluding hydrogens is 100 g/mol. The zero-order valence-electron chi connectivity index (χ0n) is 5.22. The Labute approximate surface area is 49.7 Å². The molecule has 0 bridgehead atoms. The van der Waals surface area contributed by atoms with E-state index in [9.17, 15) is 5.11 Å². The molecular formula is C7H12O. The van der Waals surface area contributed by atoms with Crippen LogP contribution >= 0.6 is 0 Å². The van der Waals surface area contributed by atoms with Gasteiger partial charge in [-0.1, -0.05) is 13.3 Å². The molecule has 0 radical (unpaired) electrons. The van der Waals surface area contributed by atoms with E-state index in [-0.39, 0.29) is 5.60 Å². The predicted octanol–water partition coefficient (Wildman–Crippen LogP) is 1.17. The molecule has 46 valence electrons. The molecule has 2 saturated carbocycles. The Balaban J connectivity index is 1.89. The van der Waals surface area contributed by atoms with E-state index < -0.39 is 0 Å². The fourth-order valence-electron chi connectivity index (χ4n) is 1.80. The van der Waals surface area contributed by atoms with Crippen molar-refractivity contribution in [3.63, 3.8) is 0 Å². The lowest BCUT2D eigenvalue weighted by atomic mass is 10.0. The molecule has 2 atom stereocenters. The molecule has 1 heteroatoms. The van der Waals surface area contributed by atoms with Crippen molar-refractivity contribution in [1.82, 2.24) is 0 Å². The van der Waals surface area contributed by atoms with Gasteiger partial charge in [0.2, 0.25) is 0 Å². The second kappa shape index (κ2) is 1.10. The standard InChI is InChI=1S/C7H12O/c1-2-3-7(8)5-4-6(5)7/h5-6,8H,2-4H2,1H3. The van der Waals surface area contributed by atoms with Gasteiger partial charge in [0.25, 0.3) is 0 Å². The van der Waals surface area contributed by atoms with Crippen molar-refractivity contribution in [3.05, 3.63) is 0 Å². The van der Waals surface area contributed by atoms with Crippen LogP contribution in [0.3, 0.4) is 0 Å². The summed E-state index contributed by atoms with van der Waals surface area (Å²) in [6, 6.07) is 0. The minimum absolute atomic E-state index is 0.144. The SMILES string of the molecule is CCCC1(O)C2CC21. The second-order valence-corrected chi connectivity index (χ2v) is 3.19. The van der Waals surface area contributed by atoms with Crippen LogP contribution in [-0.4, -0.2) is 10.7 Å². The highest BCUT2D eigenvalue weighted by Crippen LogP contribution is 2.72. The quantitative estimate of drug-likeness (QED) is 0.568. The zero-order chi connectivity index (χ0) is 5.78. The first kappa shape index (κ1) is 4.80. The Morgan fingerprint density at radius 2 is 2.25 bits per heavy atom. The Kier molecular flexibility index (Phi) is 0.663. The van der Waals surface area contributed by atoms with Gasteiger partial charge in [-0.3, -0.25) is 0 Å². The number of hydrogen-bond acceptors (Lipinski definition) is 1. The van der Waals surface area contributed by atoms with Crippen molar-refractivity contribution in [1.29, 1.82) is 0 Å². The minimum Gasteiger partial charge on any atom is -0.389 e. The molecule has 0 aliphatic heterocycles. The van der Waals surface area contributed by atoms with Crippen LogP contribution in [0, 0.1) is 11.8 Å². The molecule has 0 amide bonds. The highest BCUT2D eigenvalue weighted by atomic mass is 16.3. The van der Waals surface area contributed by atoms with Crippen LogP contribution in [0.2, 0.25) is 0 Å². The molecule has 0 aromatic rings. The maximum atomic E-state index is 9.45. The summed E-state index contributed by atoms with van der Waals surface area (Å²) in [5, 5.41) is 9.45. The van der Waals surface area contributed by atoms with Gasteiger partial charge < -0.3 is 5.11 Å². The third kappa shape index (κ3) is 0.368. The molecule has 0 heterocycles. The highest BCUT2D eigenvalue weighted by molar-refractivity contribution is 5.24. The first-order valence-electron chi connectivity index (χ1n) is 3.51. The average Bonchev–Trinajstić information content (AvgIpc) is 2.50. The Morgan fingerprint density at radius 1 is 1.62 bits per heavy atom. The van der Waals surface area contributed by atoms with Gasteiger partial charge in [-0.15, -0.1) is 0 Å². The zero-order valence-corrected chi connectivity index (χ0v) is 5.22. The summed E-state index contributed by atoms with van der Waals surface area (Å²) in [5.41, 5.74) is -0.144. The number of rotatable bonds is 2. The van der Waals surface area contributed by atoms with Crippen LogP contribution in [0.25, 0.3) is 0 Å². The molecule has 1 N–H and O–H groups in total. The highest BCUT2D eigenvalue weighted by Gasteiger charge is 2.75. The molecule has 2 aliphatic rings. The van der Waals surface area contributed by atoms with Crippen molar-refractivity contribution >= 4 is 0 Å². The largest absolute Gasteiger partial charge is 0.389 e. The van der Waals surface area contributed by atoms with Crippen molar-refractivity contribution in [3.8, 4) is 0 Å². The number of hydrogen-bond donors (Lipinski definition) is 1. The van der Waals surface area contributed by atoms with Gasteiger partial charge in [0, 0.05) is 0 Å². The van der Waals surface area contributed by atoms with Gasteiger partial charge >= 0.3 is 0 Å². The lowest BCUT2D eigenvalue weighted by Gasteiger charge is -2.12. The summed E-state index contributed by atoms with van der Waals surface area (Å²) >= 11 is 0. The van der Waals surface area contributed by atoms with Crippen molar-refractivity contribution in [2.24, 2.45) is 11.8 Å². The Morgan fingerprint density at radius 3 is 2.38 bits per heavy atom. The van der Waals surface area contributed by atoms with E-state index in [0.717, 1.165) is 24.7 Å². The van der Waals surface area contributed by atoms with E-state index in [1.54, 1.807) is 0 Å². The van der Waals surface area contributed by atoms with Crippen LogP contribution in [0.5, 0.6) is 0 Å². The van der Waals surface area contributed by atoms with E-state index in [2.05, 4.69) is 6.92 Å². The molecule has 0 spiro atoms. The molecule has 0 aromatic heterocycles. The fraction of sp³-hybridized carbons (Fsp3) is 1.00. The van der Waals surface area contributed by atoms with Gasteiger partial charge in [0.1, 0.15) is 0 Å². The summed E-state index contributed by atoms with van der Waals surface area (Å²) in [7, 11) is 0. The summed E-state index contributed by atoms with van der Waals surface area (Å²) in [6.45, 7) is 2.13. The molecule has 2 rings (SSSR count). The van der Waals surface area contributed by atoms with Gasteiger partial charge in [0.05, 0.1) is 5.60 Å². The molecule has 8 heavy (non-hydrogen) atoms. The lowest BCUT2D eigenvalue weighted by Crippen LogP contribution is -2.17. The molecule has 0 aromatic carbocycles. The number of aliphatic hydroxyl groups is 1. The van der Waals surface area contributed by atoms with Crippen LogP contribution in [0.1, 0.15) is 26.2 Å². The smallest absolute Gasteiger partial charge is 0.0711 e. The third-order valence-electron chi connectivity index (χ3n) is 2.62. The van der Waals surface area contributed by atoms with Crippen LogP contribution in [0.4, 0.5) is 0 Å². The van der Waals surface area contributed by atoms with Crippen molar-refractivity contribution in [2.45, 2.75) is 31.8 Å². The molecule has 2 fully saturated rings. The monoisotopic (exact) mass is 112 g/mol. The van der Waals surface area contributed by atoms with Crippen LogP contribution in [0.15, 0.2) is 0 Å². The van der Waals surface area contributed by atoms with E-state index >= 15 is 0 Å². The minimum atomic E-state index is -0.144. The summed E-state index contributed by atoms with van der Waals surface area (Å²) < 4.78 is 0. The van der Waals surface area contributed by atoms with Crippen LogP contribution in [-0.2, 0) is 0 Å². The summed E-state index contributed by atoms with van der Waals surface area (Å²) in [6.07, 6.45) is 3.50. The molecule has 0 saturated heterocycles. The van der Waals surface area contributed by atoms with E-state index in [1.807, 2.05) is 0 Å². The summed E-state index contributed by atoms with van der Waals surface area (Å²) in [4.78, 5) is 0. The molecule has 1 nitrogen and oxygen atoms in total. The lowest BCUT2D eigenvalue weighted by molar-refractivity contribution is 0.0799. The topological polar surface area (TPSA) is 20.2 Å². The summed E-state index contributed by atoms with van der Waals surface area (Å²) in [5.74, 6) is 1.48. The van der Waals surface area contributed by atoms with Gasteiger partial charge in [-0.25, -0.2) is 0 Å². The first-order chi connectivity index (χ1) is 3.79. The van der Waals surface area contributed by atoms with Gasteiger partial charge in [-0.05, 0) is 24.7 Å². The van der Waals surface area contributed by atoms with Crippen LogP contribution < -0.4 is 0 Å². The first-order valence-corrected chi connectivity index (χ1v) is 3.51. The third-order valence-corrected chi connectivity index (χ3v) is 2.62. The maximum absolute atomic E-state index is 9.45. The van der Waals surface area contributed by atoms with Gasteiger partial charge in [0.15, 0.2) is 0 Å². The van der Waals surface area contributed by atoms with E-state index in [0.29, 0.717) is 0 Å². The predicted molar refractivity (Wildman–Crippen MR) is 31.5 cm³/mol. The number of fused-ring (bicyclic) bond motifs is 1. The molecule has 2 aliphatic carbocycles. The Hall–Kier alpha value is -0.0400. The maximum Gasteiger partial charge on any atom is 0.0711 e. The van der Waals surface area contributed by atoms with Crippen molar-refractivity contribution in [2.75, 3.05) is 0 Å². The average molecular weight is 112 g/mol.